The number of amides is 1. The lowest BCUT2D eigenvalue weighted by molar-refractivity contribution is -0.125. The van der Waals surface area contributed by atoms with E-state index in [4.69, 9.17) is 10.5 Å². The summed E-state index contributed by atoms with van der Waals surface area (Å²) in [6, 6.07) is 9.79. The van der Waals surface area contributed by atoms with Crippen molar-refractivity contribution in [3.8, 4) is 0 Å². The zero-order valence-corrected chi connectivity index (χ0v) is 12.1. The summed E-state index contributed by atoms with van der Waals surface area (Å²) in [6.07, 6.45) is -0.609. The Morgan fingerprint density at radius 1 is 1.40 bits per heavy atom. The average Bonchev–Trinajstić information content (AvgIpc) is 2.39. The molecule has 0 aliphatic rings. The van der Waals surface area contributed by atoms with E-state index < -0.39 is 11.5 Å². The van der Waals surface area contributed by atoms with Crippen LogP contribution in [-0.2, 0) is 16.1 Å². The van der Waals surface area contributed by atoms with Crippen LogP contribution in [0.25, 0.3) is 0 Å². The van der Waals surface area contributed by atoms with E-state index in [0.29, 0.717) is 19.7 Å². The summed E-state index contributed by atoms with van der Waals surface area (Å²) < 4.78 is 5.43. The van der Waals surface area contributed by atoms with Crippen LogP contribution in [-0.4, -0.2) is 36.8 Å². The van der Waals surface area contributed by atoms with Crippen molar-refractivity contribution in [2.24, 2.45) is 11.1 Å². The normalized spacial score (nSPS) is 13.2. The zero-order valence-electron chi connectivity index (χ0n) is 12.1. The van der Waals surface area contributed by atoms with Crippen LogP contribution < -0.4 is 11.1 Å². The van der Waals surface area contributed by atoms with E-state index in [1.165, 1.54) is 0 Å². The molecule has 4 N–H and O–H groups in total. The maximum atomic E-state index is 11.1. The van der Waals surface area contributed by atoms with E-state index in [1.807, 2.05) is 30.3 Å². The van der Waals surface area contributed by atoms with E-state index in [-0.39, 0.29) is 12.5 Å². The molecule has 1 rings (SSSR count). The molecule has 0 saturated carbocycles. The Morgan fingerprint density at radius 2 is 2.05 bits per heavy atom. The molecule has 1 unspecified atom stereocenters. The van der Waals surface area contributed by atoms with Crippen LogP contribution >= 0.6 is 0 Å². The van der Waals surface area contributed by atoms with E-state index >= 15 is 0 Å². The molecule has 112 valence electrons. The molecule has 5 nitrogen and oxygen atoms in total. The molecule has 0 heterocycles. The van der Waals surface area contributed by atoms with E-state index in [2.05, 4.69) is 5.32 Å². The quantitative estimate of drug-likeness (QED) is 0.620. The molecule has 20 heavy (non-hydrogen) atoms. The van der Waals surface area contributed by atoms with Crippen molar-refractivity contribution in [2.75, 3.05) is 19.7 Å². The van der Waals surface area contributed by atoms with Gasteiger partial charge in [-0.1, -0.05) is 30.3 Å². The van der Waals surface area contributed by atoms with Crippen LogP contribution in [0.15, 0.2) is 30.3 Å². The number of carbonyl (C=O) groups is 1. The number of rotatable bonds is 9. The van der Waals surface area contributed by atoms with Gasteiger partial charge in [-0.15, -0.1) is 0 Å². The van der Waals surface area contributed by atoms with Gasteiger partial charge in [-0.05, 0) is 19.4 Å². The molecule has 0 saturated heterocycles. The third-order valence-electron chi connectivity index (χ3n) is 3.04. The average molecular weight is 280 g/mol. The van der Waals surface area contributed by atoms with Gasteiger partial charge in [0.15, 0.2) is 0 Å². The summed E-state index contributed by atoms with van der Waals surface area (Å²) in [5.41, 5.74) is 5.72. The van der Waals surface area contributed by atoms with Crippen molar-refractivity contribution < 1.29 is 14.6 Å². The molecule has 1 aromatic carbocycles. The molecule has 5 heteroatoms. The summed E-state index contributed by atoms with van der Waals surface area (Å²) in [7, 11) is 0. The first-order chi connectivity index (χ1) is 9.42. The Kier molecular flexibility index (Phi) is 6.64. The van der Waals surface area contributed by atoms with Gasteiger partial charge < -0.3 is 20.9 Å². The number of nitrogens with two attached hydrogens (primary N) is 1. The van der Waals surface area contributed by atoms with Gasteiger partial charge in [0.25, 0.3) is 0 Å². The first-order valence-corrected chi connectivity index (χ1v) is 6.72. The van der Waals surface area contributed by atoms with Gasteiger partial charge >= 0.3 is 0 Å². The Morgan fingerprint density at radius 3 is 2.65 bits per heavy atom. The molecular weight excluding hydrogens is 256 g/mol. The SMILES string of the molecule is CC(C)(CNCC(O)COCc1ccccc1)C(N)=O. The number of carbonyl (C=O) groups excluding carboxylic acids is 1. The first kappa shape index (κ1) is 16.6. The highest BCUT2D eigenvalue weighted by Gasteiger charge is 2.24. The molecule has 1 atom stereocenters. The molecule has 0 radical (unpaired) electrons. The molecule has 1 amide bonds. The summed E-state index contributed by atoms with van der Waals surface area (Å²) in [6.45, 7) is 5.05. The van der Waals surface area contributed by atoms with Crippen LogP contribution in [0.1, 0.15) is 19.4 Å². The number of aliphatic hydroxyl groups excluding tert-OH is 1. The predicted molar refractivity (Wildman–Crippen MR) is 77.9 cm³/mol. The fraction of sp³-hybridized carbons (Fsp3) is 0.533. The highest BCUT2D eigenvalue weighted by molar-refractivity contribution is 5.80. The first-order valence-electron chi connectivity index (χ1n) is 6.72. The molecule has 0 aromatic heterocycles. The number of benzene rings is 1. The third kappa shape index (κ3) is 6.14. The fourth-order valence-electron chi connectivity index (χ4n) is 1.58. The summed E-state index contributed by atoms with van der Waals surface area (Å²) >= 11 is 0. The number of hydrogen-bond acceptors (Lipinski definition) is 4. The minimum atomic E-state index is -0.620. The molecule has 0 bridgehead atoms. The number of primary amides is 1. The molecule has 0 fully saturated rings. The van der Waals surface area contributed by atoms with Crippen molar-refractivity contribution >= 4 is 5.91 Å². The molecular formula is C15H24N2O3. The number of aliphatic hydroxyl groups is 1. The van der Waals surface area contributed by atoms with Gasteiger partial charge in [-0.2, -0.15) is 0 Å². The lowest BCUT2D eigenvalue weighted by atomic mass is 9.93. The Balaban J connectivity index is 2.15. The highest BCUT2D eigenvalue weighted by Crippen LogP contribution is 2.11. The summed E-state index contributed by atoms with van der Waals surface area (Å²) in [5.74, 6) is -0.361. The minimum absolute atomic E-state index is 0.249. The standard InChI is InChI=1S/C15H24N2O3/c1-15(2,14(16)19)11-17-8-13(18)10-20-9-12-6-4-3-5-7-12/h3-7,13,17-18H,8-11H2,1-2H3,(H2,16,19). The smallest absolute Gasteiger partial charge is 0.224 e. The number of ether oxygens (including phenoxy) is 1. The molecule has 0 aliphatic carbocycles. The third-order valence-corrected chi connectivity index (χ3v) is 3.04. The van der Waals surface area contributed by atoms with Gasteiger partial charge in [0.05, 0.1) is 24.7 Å². The maximum absolute atomic E-state index is 11.1. The highest BCUT2D eigenvalue weighted by atomic mass is 16.5. The molecule has 0 aliphatic heterocycles. The van der Waals surface area contributed by atoms with Crippen LogP contribution in [0.2, 0.25) is 0 Å². The Hall–Kier alpha value is -1.43. The van der Waals surface area contributed by atoms with Crippen LogP contribution in [0.3, 0.4) is 0 Å². The topological polar surface area (TPSA) is 84.6 Å². The molecule has 1 aromatic rings. The second-order valence-electron chi connectivity index (χ2n) is 5.53. The van der Waals surface area contributed by atoms with E-state index in [0.717, 1.165) is 5.56 Å². The second-order valence-corrected chi connectivity index (χ2v) is 5.53. The van der Waals surface area contributed by atoms with Gasteiger partial charge in [-0.25, -0.2) is 0 Å². The van der Waals surface area contributed by atoms with Gasteiger partial charge in [0.2, 0.25) is 5.91 Å². The van der Waals surface area contributed by atoms with Crippen molar-refractivity contribution in [3.63, 3.8) is 0 Å². The van der Waals surface area contributed by atoms with E-state index in [1.54, 1.807) is 13.8 Å². The predicted octanol–water partition coefficient (Wildman–Crippen LogP) is 0.665. The lowest BCUT2D eigenvalue weighted by Crippen LogP contribution is -2.43. The Bertz CT molecular complexity index is 407. The van der Waals surface area contributed by atoms with E-state index in [9.17, 15) is 9.90 Å². The monoisotopic (exact) mass is 280 g/mol. The summed E-state index contributed by atoms with van der Waals surface area (Å²) in [5, 5.41) is 12.8. The van der Waals surface area contributed by atoms with Crippen LogP contribution in [0.4, 0.5) is 0 Å². The Labute approximate surface area is 120 Å². The zero-order chi connectivity index (χ0) is 15.0. The van der Waals surface area contributed by atoms with Gasteiger partial charge in [0.1, 0.15) is 0 Å². The number of nitrogens with one attached hydrogen (secondary N) is 1. The van der Waals surface area contributed by atoms with Gasteiger partial charge in [-0.3, -0.25) is 4.79 Å². The minimum Gasteiger partial charge on any atom is -0.389 e. The largest absolute Gasteiger partial charge is 0.389 e. The van der Waals surface area contributed by atoms with Crippen molar-refractivity contribution in [2.45, 2.75) is 26.6 Å². The van der Waals surface area contributed by atoms with Crippen molar-refractivity contribution in [3.05, 3.63) is 35.9 Å². The number of hydrogen-bond donors (Lipinski definition) is 3. The second kappa shape index (κ2) is 7.99. The molecule has 0 spiro atoms. The maximum Gasteiger partial charge on any atom is 0.224 e. The summed E-state index contributed by atoms with van der Waals surface area (Å²) in [4.78, 5) is 11.1. The van der Waals surface area contributed by atoms with Crippen LogP contribution in [0.5, 0.6) is 0 Å². The lowest BCUT2D eigenvalue weighted by Gasteiger charge is -2.22. The van der Waals surface area contributed by atoms with Crippen molar-refractivity contribution in [1.82, 2.24) is 5.32 Å². The fourth-order valence-corrected chi connectivity index (χ4v) is 1.58. The van der Waals surface area contributed by atoms with Crippen LogP contribution in [0, 0.1) is 5.41 Å². The van der Waals surface area contributed by atoms with Gasteiger partial charge in [0, 0.05) is 13.1 Å². The van der Waals surface area contributed by atoms with Crippen molar-refractivity contribution in [1.29, 1.82) is 0 Å².